The van der Waals surface area contributed by atoms with Crippen molar-refractivity contribution in [2.45, 2.75) is 12.5 Å². The molecule has 166 valence electrons. The Hall–Kier alpha value is -4.07. The molecule has 2 N–H and O–H groups in total. The van der Waals surface area contributed by atoms with E-state index >= 15 is 0 Å². The van der Waals surface area contributed by atoms with E-state index in [1.807, 2.05) is 48.5 Å². The molecule has 0 radical (unpaired) electrons. The van der Waals surface area contributed by atoms with Crippen LogP contribution in [0.1, 0.15) is 23.6 Å². The molecule has 0 saturated heterocycles. The van der Waals surface area contributed by atoms with Gasteiger partial charge in [0.05, 0.1) is 25.2 Å². The molecule has 0 aliphatic carbocycles. The molecule has 0 spiro atoms. The number of nitro benzene ring substituents is 1. The smallest absolute Gasteiger partial charge is 0.292 e. The van der Waals surface area contributed by atoms with Crippen molar-refractivity contribution in [2.24, 2.45) is 0 Å². The van der Waals surface area contributed by atoms with E-state index in [-0.39, 0.29) is 30.6 Å². The summed E-state index contributed by atoms with van der Waals surface area (Å²) < 4.78 is 10.5. The summed E-state index contributed by atoms with van der Waals surface area (Å²) in [4.78, 5) is 23.4. The van der Waals surface area contributed by atoms with E-state index in [0.29, 0.717) is 5.69 Å². The fourth-order valence-corrected chi connectivity index (χ4v) is 3.28. The van der Waals surface area contributed by atoms with Crippen molar-refractivity contribution in [3.63, 3.8) is 0 Å². The minimum atomic E-state index is -0.453. The Balaban J connectivity index is 1.71. The van der Waals surface area contributed by atoms with Crippen molar-refractivity contribution in [3.05, 3.63) is 94.0 Å². The number of hydrogen-bond donors (Lipinski definition) is 2. The molecule has 0 atom stereocenters. The van der Waals surface area contributed by atoms with Crippen molar-refractivity contribution in [2.75, 3.05) is 26.1 Å². The Bertz CT molecular complexity index is 1000. The predicted octanol–water partition coefficient (Wildman–Crippen LogP) is 4.32. The molecule has 3 aromatic carbocycles. The van der Waals surface area contributed by atoms with Gasteiger partial charge in [0.2, 0.25) is 5.91 Å². The largest absolute Gasteiger partial charge is 0.497 e. The monoisotopic (exact) mass is 435 g/mol. The Kier molecular flexibility index (Phi) is 7.64. The number of methoxy groups -OCH3 is 2. The molecule has 0 aromatic heterocycles. The highest BCUT2D eigenvalue weighted by Crippen LogP contribution is 2.26. The summed E-state index contributed by atoms with van der Waals surface area (Å²) in [5.41, 5.74) is 2.15. The number of benzene rings is 3. The molecule has 0 unspecified atom stereocenters. The van der Waals surface area contributed by atoms with Crippen molar-refractivity contribution in [1.29, 1.82) is 0 Å². The Morgan fingerprint density at radius 1 is 0.906 bits per heavy atom. The third-order valence-electron chi connectivity index (χ3n) is 4.97. The van der Waals surface area contributed by atoms with E-state index in [1.54, 1.807) is 32.4 Å². The van der Waals surface area contributed by atoms with Gasteiger partial charge in [-0.2, -0.15) is 0 Å². The van der Waals surface area contributed by atoms with Gasteiger partial charge in [0.25, 0.3) is 5.69 Å². The number of nitro groups is 1. The maximum absolute atomic E-state index is 12.7. The third kappa shape index (κ3) is 5.75. The van der Waals surface area contributed by atoms with Crippen LogP contribution >= 0.6 is 0 Å². The molecular weight excluding hydrogens is 410 g/mol. The topological polar surface area (TPSA) is 103 Å². The van der Waals surface area contributed by atoms with E-state index in [2.05, 4.69) is 10.6 Å². The van der Waals surface area contributed by atoms with Gasteiger partial charge in [0.1, 0.15) is 17.2 Å². The lowest BCUT2D eigenvalue weighted by atomic mass is 9.98. The van der Waals surface area contributed by atoms with Gasteiger partial charge in [-0.05, 0) is 41.5 Å². The average molecular weight is 435 g/mol. The molecule has 8 nitrogen and oxygen atoms in total. The summed E-state index contributed by atoms with van der Waals surface area (Å²) in [6, 6.07) is 21.0. The fourth-order valence-electron chi connectivity index (χ4n) is 3.28. The second-order valence-corrected chi connectivity index (χ2v) is 7.00. The van der Waals surface area contributed by atoms with E-state index < -0.39 is 4.92 Å². The van der Waals surface area contributed by atoms with E-state index in [4.69, 9.17) is 9.47 Å². The zero-order valence-electron chi connectivity index (χ0n) is 17.9. The van der Waals surface area contributed by atoms with Gasteiger partial charge in [-0.25, -0.2) is 0 Å². The van der Waals surface area contributed by atoms with Crippen LogP contribution in [0.15, 0.2) is 72.8 Å². The molecule has 0 heterocycles. The highest BCUT2D eigenvalue weighted by Gasteiger charge is 2.18. The highest BCUT2D eigenvalue weighted by atomic mass is 16.6. The number of nitrogens with one attached hydrogen (secondary N) is 2. The molecule has 0 bridgehead atoms. The normalized spacial score (nSPS) is 10.5. The number of amides is 1. The first-order valence-corrected chi connectivity index (χ1v) is 10.1. The van der Waals surface area contributed by atoms with Crippen molar-refractivity contribution >= 4 is 17.3 Å². The number of ether oxygens (including phenoxy) is 2. The Morgan fingerprint density at radius 3 is 1.94 bits per heavy atom. The summed E-state index contributed by atoms with van der Waals surface area (Å²) >= 11 is 0. The van der Waals surface area contributed by atoms with Crippen LogP contribution in [0.5, 0.6) is 11.5 Å². The first kappa shape index (κ1) is 22.6. The number of carbonyl (C=O) groups is 1. The number of hydrogen-bond acceptors (Lipinski definition) is 6. The van der Waals surface area contributed by atoms with Crippen LogP contribution in [0.4, 0.5) is 11.4 Å². The van der Waals surface area contributed by atoms with Crippen molar-refractivity contribution in [3.8, 4) is 11.5 Å². The van der Waals surface area contributed by atoms with Gasteiger partial charge in [-0.3, -0.25) is 14.9 Å². The van der Waals surface area contributed by atoms with Gasteiger partial charge >= 0.3 is 0 Å². The van der Waals surface area contributed by atoms with Crippen LogP contribution in [0, 0.1) is 10.1 Å². The summed E-state index contributed by atoms with van der Waals surface area (Å²) in [6.45, 7) is 0.259. The first-order chi connectivity index (χ1) is 15.5. The molecule has 0 fully saturated rings. The number of carbonyl (C=O) groups excluding carboxylic acids is 1. The van der Waals surface area contributed by atoms with Crippen LogP contribution in [0.3, 0.4) is 0 Å². The predicted molar refractivity (Wildman–Crippen MR) is 122 cm³/mol. The summed E-state index contributed by atoms with van der Waals surface area (Å²) in [7, 11) is 3.20. The lowest BCUT2D eigenvalue weighted by Crippen LogP contribution is -2.30. The second-order valence-electron chi connectivity index (χ2n) is 7.00. The van der Waals surface area contributed by atoms with E-state index in [1.165, 1.54) is 6.07 Å². The minimum absolute atomic E-state index is 0.0257. The molecule has 0 saturated carbocycles. The van der Waals surface area contributed by atoms with Crippen LogP contribution in [0.25, 0.3) is 0 Å². The van der Waals surface area contributed by atoms with Crippen LogP contribution < -0.4 is 20.1 Å². The summed E-state index contributed by atoms with van der Waals surface area (Å²) in [6.07, 6.45) is 0.148. The molecule has 8 heteroatoms. The third-order valence-corrected chi connectivity index (χ3v) is 4.97. The molecule has 3 aromatic rings. The zero-order chi connectivity index (χ0) is 22.9. The van der Waals surface area contributed by atoms with Crippen molar-refractivity contribution in [1.82, 2.24) is 5.32 Å². The van der Waals surface area contributed by atoms with Gasteiger partial charge in [-0.15, -0.1) is 0 Å². The minimum Gasteiger partial charge on any atom is -0.497 e. The summed E-state index contributed by atoms with van der Waals surface area (Å²) in [5.74, 6) is 1.26. The molecule has 0 aliphatic rings. The standard InChI is InChI=1S/C24H25N3O5/c1-31-19-11-7-17(8-12-19)24(18-9-13-20(32-2)14-10-18)26-23(28)15-16-25-21-5-3-4-6-22(21)27(29)30/h3-14,24-25H,15-16H2,1-2H3,(H,26,28). The average Bonchev–Trinajstić information content (AvgIpc) is 2.83. The fraction of sp³-hybridized carbons (Fsp3) is 0.208. The van der Waals surface area contributed by atoms with Gasteiger partial charge in [-0.1, -0.05) is 36.4 Å². The molecule has 3 rings (SSSR count). The molecule has 32 heavy (non-hydrogen) atoms. The molecular formula is C24H25N3O5. The SMILES string of the molecule is COc1ccc(C(NC(=O)CCNc2ccccc2[N+](=O)[O-])c2ccc(OC)cc2)cc1. The first-order valence-electron chi connectivity index (χ1n) is 10.1. The second kappa shape index (κ2) is 10.8. The zero-order valence-corrected chi connectivity index (χ0v) is 17.9. The summed E-state index contributed by atoms with van der Waals surface area (Å²) in [5, 5.41) is 17.2. The molecule has 0 aliphatic heterocycles. The van der Waals surface area contributed by atoms with Crippen LogP contribution in [0.2, 0.25) is 0 Å². The lowest BCUT2D eigenvalue weighted by molar-refractivity contribution is -0.384. The number of anilines is 1. The Morgan fingerprint density at radius 2 is 1.44 bits per heavy atom. The number of nitrogens with zero attached hydrogens (tertiary/aromatic N) is 1. The van der Waals surface area contributed by atoms with Gasteiger partial charge in [0, 0.05) is 19.0 Å². The van der Waals surface area contributed by atoms with Crippen molar-refractivity contribution < 1.29 is 19.2 Å². The number of rotatable bonds is 10. The maximum atomic E-state index is 12.7. The Labute approximate surface area is 186 Å². The van der Waals surface area contributed by atoms with E-state index in [9.17, 15) is 14.9 Å². The van der Waals surface area contributed by atoms with E-state index in [0.717, 1.165) is 22.6 Å². The quantitative estimate of drug-likeness (QED) is 0.363. The van der Waals surface area contributed by atoms with Gasteiger partial charge < -0.3 is 20.1 Å². The maximum Gasteiger partial charge on any atom is 0.292 e. The molecule has 1 amide bonds. The van der Waals surface area contributed by atoms with Crippen LogP contribution in [-0.2, 0) is 4.79 Å². The lowest BCUT2D eigenvalue weighted by Gasteiger charge is -2.21. The van der Waals surface area contributed by atoms with Crippen LogP contribution in [-0.4, -0.2) is 31.6 Å². The number of para-hydroxylation sites is 2. The van der Waals surface area contributed by atoms with Gasteiger partial charge in [0.15, 0.2) is 0 Å². The highest BCUT2D eigenvalue weighted by molar-refractivity contribution is 5.77.